The van der Waals surface area contributed by atoms with Gasteiger partial charge in [0.1, 0.15) is 12.2 Å². The van der Waals surface area contributed by atoms with E-state index in [0.29, 0.717) is 6.54 Å². The molecule has 1 aromatic rings. The van der Waals surface area contributed by atoms with Crippen LogP contribution < -0.4 is 0 Å². The molecule has 0 aromatic heterocycles. The fourth-order valence-electron chi connectivity index (χ4n) is 1.83. The average molecular weight is 321 g/mol. The summed E-state index contributed by atoms with van der Waals surface area (Å²) in [6.45, 7) is 9.41. The summed E-state index contributed by atoms with van der Waals surface area (Å²) in [5.41, 5.74) is 0.333. The molecule has 5 nitrogen and oxygen atoms in total. The lowest BCUT2D eigenvalue weighted by atomic mass is 10.2. The summed E-state index contributed by atoms with van der Waals surface area (Å²) in [6, 6.07) is 9.51. The lowest BCUT2D eigenvalue weighted by molar-refractivity contribution is -0.126. The molecule has 0 N–H and O–H groups in total. The molecule has 0 unspecified atom stereocenters. The summed E-state index contributed by atoms with van der Waals surface area (Å²) in [4.78, 5) is 25.8. The second-order valence-electron chi connectivity index (χ2n) is 6.72. The number of Topliss-reactive ketones (excluding diaryl/α,β-unsaturated/α-hetero) is 1. The maximum absolute atomic E-state index is 12.3. The molecule has 5 heteroatoms. The number of hydrogen-bond donors (Lipinski definition) is 0. The first kappa shape index (κ1) is 19.2. The van der Waals surface area contributed by atoms with Crippen LogP contribution in [-0.2, 0) is 20.8 Å². The van der Waals surface area contributed by atoms with Crippen molar-refractivity contribution in [3.05, 3.63) is 35.9 Å². The van der Waals surface area contributed by atoms with Crippen molar-refractivity contribution < 1.29 is 19.1 Å². The van der Waals surface area contributed by atoms with Gasteiger partial charge in [-0.25, -0.2) is 4.79 Å². The van der Waals surface area contributed by atoms with Gasteiger partial charge in [-0.2, -0.15) is 0 Å². The van der Waals surface area contributed by atoms with E-state index in [1.165, 1.54) is 4.90 Å². The fraction of sp³-hybridized carbons (Fsp3) is 0.556. The minimum Gasteiger partial charge on any atom is -0.444 e. The zero-order valence-electron chi connectivity index (χ0n) is 14.7. The van der Waals surface area contributed by atoms with E-state index in [4.69, 9.17) is 9.47 Å². The van der Waals surface area contributed by atoms with E-state index in [1.807, 2.05) is 44.2 Å². The van der Waals surface area contributed by atoms with E-state index in [-0.39, 0.29) is 25.0 Å². The van der Waals surface area contributed by atoms with Crippen LogP contribution in [0.1, 0.15) is 40.2 Å². The molecule has 0 aliphatic rings. The molecule has 0 bridgehead atoms. The van der Waals surface area contributed by atoms with Gasteiger partial charge in [0.2, 0.25) is 0 Å². The van der Waals surface area contributed by atoms with E-state index in [1.54, 1.807) is 20.8 Å². The number of ketones is 1. The summed E-state index contributed by atoms with van der Waals surface area (Å²) in [5, 5.41) is 0. The molecule has 0 fully saturated rings. The van der Waals surface area contributed by atoms with Crippen molar-refractivity contribution >= 4 is 11.9 Å². The van der Waals surface area contributed by atoms with Gasteiger partial charge in [0.25, 0.3) is 0 Å². The Balaban J connectivity index is 2.75. The van der Waals surface area contributed by atoms with Gasteiger partial charge >= 0.3 is 6.09 Å². The lowest BCUT2D eigenvalue weighted by Crippen LogP contribution is -2.40. The first-order valence-electron chi connectivity index (χ1n) is 7.82. The van der Waals surface area contributed by atoms with Gasteiger partial charge in [-0.05, 0) is 40.2 Å². The molecule has 0 heterocycles. The quantitative estimate of drug-likeness (QED) is 0.772. The number of amides is 1. The molecule has 0 spiro atoms. The maximum atomic E-state index is 12.3. The van der Waals surface area contributed by atoms with Crippen LogP contribution in [0.3, 0.4) is 0 Å². The van der Waals surface area contributed by atoms with E-state index in [9.17, 15) is 9.59 Å². The lowest BCUT2D eigenvalue weighted by Gasteiger charge is -2.27. The summed E-state index contributed by atoms with van der Waals surface area (Å²) in [7, 11) is 0. The molecular weight excluding hydrogens is 294 g/mol. The van der Waals surface area contributed by atoms with Crippen molar-refractivity contribution in [1.82, 2.24) is 4.90 Å². The van der Waals surface area contributed by atoms with Gasteiger partial charge in [0, 0.05) is 6.54 Å². The van der Waals surface area contributed by atoms with Crippen molar-refractivity contribution in [3.8, 4) is 0 Å². The highest BCUT2D eigenvalue weighted by atomic mass is 16.6. The zero-order chi connectivity index (χ0) is 17.5. The Morgan fingerprint density at radius 1 is 1.13 bits per heavy atom. The molecule has 0 saturated heterocycles. The molecule has 0 aliphatic heterocycles. The van der Waals surface area contributed by atoms with Crippen LogP contribution in [0.5, 0.6) is 0 Å². The number of carbonyl (C=O) groups is 2. The second kappa shape index (κ2) is 8.67. The first-order chi connectivity index (χ1) is 10.7. The number of carbonyl (C=O) groups excluding carboxylic acids is 2. The topological polar surface area (TPSA) is 55.8 Å². The highest BCUT2D eigenvalue weighted by Gasteiger charge is 2.24. The van der Waals surface area contributed by atoms with E-state index in [2.05, 4.69) is 0 Å². The van der Waals surface area contributed by atoms with Crippen LogP contribution in [0.4, 0.5) is 4.79 Å². The third-order valence-corrected chi connectivity index (χ3v) is 2.81. The molecule has 128 valence electrons. The number of nitrogens with zero attached hydrogens (tertiary/aromatic N) is 1. The number of benzene rings is 1. The van der Waals surface area contributed by atoms with Crippen molar-refractivity contribution in [1.29, 1.82) is 0 Å². The van der Waals surface area contributed by atoms with Crippen molar-refractivity contribution in [2.45, 2.75) is 52.9 Å². The third-order valence-electron chi connectivity index (χ3n) is 2.81. The van der Waals surface area contributed by atoms with Crippen LogP contribution in [0.25, 0.3) is 0 Å². The SMILES string of the molecule is CC(C)OCC(=O)CN(Cc1ccccc1)C(=O)OC(C)(C)C. The van der Waals surface area contributed by atoms with Crippen LogP contribution in [0.2, 0.25) is 0 Å². The number of ether oxygens (including phenoxy) is 2. The second-order valence-corrected chi connectivity index (χ2v) is 6.72. The van der Waals surface area contributed by atoms with Crippen molar-refractivity contribution in [3.63, 3.8) is 0 Å². The van der Waals surface area contributed by atoms with Gasteiger partial charge < -0.3 is 9.47 Å². The van der Waals surface area contributed by atoms with Crippen LogP contribution in [-0.4, -0.2) is 41.6 Å². The Labute approximate surface area is 138 Å². The molecular formula is C18H27NO4. The Hall–Kier alpha value is -1.88. The molecule has 23 heavy (non-hydrogen) atoms. The minimum atomic E-state index is -0.608. The first-order valence-corrected chi connectivity index (χ1v) is 7.82. The molecule has 1 aromatic carbocycles. The minimum absolute atomic E-state index is 0.00818. The smallest absolute Gasteiger partial charge is 0.410 e. The highest BCUT2D eigenvalue weighted by Crippen LogP contribution is 2.13. The highest BCUT2D eigenvalue weighted by molar-refractivity contribution is 5.85. The zero-order valence-corrected chi connectivity index (χ0v) is 14.7. The van der Waals surface area contributed by atoms with Gasteiger partial charge in [0.05, 0.1) is 12.6 Å². The number of rotatable bonds is 7. The standard InChI is InChI=1S/C18H27NO4/c1-14(2)22-13-16(20)12-19(17(21)23-18(3,4)5)11-15-9-7-6-8-10-15/h6-10,14H,11-13H2,1-5H3. The predicted molar refractivity (Wildman–Crippen MR) is 89.2 cm³/mol. The largest absolute Gasteiger partial charge is 0.444 e. The van der Waals surface area contributed by atoms with Gasteiger partial charge in [-0.15, -0.1) is 0 Å². The average Bonchev–Trinajstić information content (AvgIpc) is 2.43. The van der Waals surface area contributed by atoms with Crippen LogP contribution in [0.15, 0.2) is 30.3 Å². The Bertz CT molecular complexity index is 506. The van der Waals surface area contributed by atoms with E-state index < -0.39 is 11.7 Å². The molecule has 0 aliphatic carbocycles. The molecule has 0 atom stereocenters. The van der Waals surface area contributed by atoms with Crippen LogP contribution in [0, 0.1) is 0 Å². The third kappa shape index (κ3) is 8.35. The summed E-state index contributed by atoms with van der Waals surface area (Å²) in [6.07, 6.45) is -0.526. The summed E-state index contributed by atoms with van der Waals surface area (Å²) < 4.78 is 10.7. The summed E-state index contributed by atoms with van der Waals surface area (Å²) in [5.74, 6) is -0.152. The normalized spacial score (nSPS) is 11.4. The maximum Gasteiger partial charge on any atom is 0.410 e. The van der Waals surface area contributed by atoms with Gasteiger partial charge in [-0.1, -0.05) is 30.3 Å². The van der Waals surface area contributed by atoms with E-state index >= 15 is 0 Å². The van der Waals surface area contributed by atoms with Gasteiger partial charge in [-0.3, -0.25) is 9.69 Å². The molecule has 0 radical (unpaired) electrons. The Morgan fingerprint density at radius 2 is 1.74 bits per heavy atom. The molecule has 1 rings (SSSR count). The van der Waals surface area contributed by atoms with Crippen LogP contribution >= 0.6 is 0 Å². The molecule has 1 amide bonds. The Kier molecular flexibility index (Phi) is 7.23. The summed E-state index contributed by atoms with van der Waals surface area (Å²) >= 11 is 0. The predicted octanol–water partition coefficient (Wildman–Crippen LogP) is 3.42. The molecule has 0 saturated carbocycles. The van der Waals surface area contributed by atoms with Gasteiger partial charge in [0.15, 0.2) is 5.78 Å². The van der Waals surface area contributed by atoms with Crippen molar-refractivity contribution in [2.24, 2.45) is 0 Å². The van der Waals surface area contributed by atoms with E-state index in [0.717, 1.165) is 5.56 Å². The monoisotopic (exact) mass is 321 g/mol. The Morgan fingerprint density at radius 3 is 2.26 bits per heavy atom. The number of hydrogen-bond acceptors (Lipinski definition) is 4. The van der Waals surface area contributed by atoms with Crippen molar-refractivity contribution in [2.75, 3.05) is 13.2 Å². The fourth-order valence-corrected chi connectivity index (χ4v) is 1.83.